The fourth-order valence-corrected chi connectivity index (χ4v) is 4.61. The topological polar surface area (TPSA) is 63.4 Å². The van der Waals surface area contributed by atoms with Crippen molar-refractivity contribution in [1.29, 1.82) is 0 Å². The van der Waals surface area contributed by atoms with E-state index in [2.05, 4.69) is 0 Å². The van der Waals surface area contributed by atoms with E-state index in [4.69, 9.17) is 5.73 Å². The minimum absolute atomic E-state index is 0.229. The Hall–Kier alpha value is -1.37. The number of nitrogens with zero attached hydrogens (tertiary/aromatic N) is 1. The molecule has 0 spiro atoms. The average Bonchev–Trinajstić information content (AvgIpc) is 2.85. The van der Waals surface area contributed by atoms with E-state index >= 15 is 0 Å². The summed E-state index contributed by atoms with van der Waals surface area (Å²) >= 11 is 1.36. The van der Waals surface area contributed by atoms with Gasteiger partial charge in [0.05, 0.1) is 5.69 Å². The number of thiophene rings is 1. The molecule has 0 aliphatic heterocycles. The van der Waals surface area contributed by atoms with E-state index in [1.165, 1.54) is 15.6 Å². The summed E-state index contributed by atoms with van der Waals surface area (Å²) in [5.41, 5.74) is 8.34. The van der Waals surface area contributed by atoms with Crippen LogP contribution >= 0.6 is 11.3 Å². The maximum Gasteiger partial charge on any atom is 0.265 e. The second-order valence-electron chi connectivity index (χ2n) is 4.73. The highest BCUT2D eigenvalue weighted by molar-refractivity contribution is 7.93. The maximum absolute atomic E-state index is 12.7. The Bertz CT molecular complexity index is 700. The lowest BCUT2D eigenvalue weighted by Gasteiger charge is -2.20. The summed E-state index contributed by atoms with van der Waals surface area (Å²) in [5.74, 6) is 0. The van der Waals surface area contributed by atoms with Gasteiger partial charge in [0.2, 0.25) is 0 Å². The quantitative estimate of drug-likeness (QED) is 0.944. The number of nitrogens with two attached hydrogens (primary N) is 1. The van der Waals surface area contributed by atoms with Crippen molar-refractivity contribution < 1.29 is 8.42 Å². The van der Waals surface area contributed by atoms with Crippen LogP contribution in [0.5, 0.6) is 0 Å². The summed E-state index contributed by atoms with van der Waals surface area (Å²) in [6, 6.07) is 7.35. The number of sulfonamides is 1. The highest BCUT2D eigenvalue weighted by atomic mass is 32.2. The molecule has 2 N–H and O–H groups in total. The molecule has 2 aromatic rings. The summed E-state index contributed by atoms with van der Waals surface area (Å²) in [5, 5.41) is 1.75. The van der Waals surface area contributed by atoms with Crippen LogP contribution in [0.2, 0.25) is 0 Å². The molecule has 0 bridgehead atoms. The summed E-state index contributed by atoms with van der Waals surface area (Å²) in [6.45, 7) is 4.13. The zero-order valence-electron chi connectivity index (χ0n) is 11.8. The summed E-state index contributed by atoms with van der Waals surface area (Å²) in [7, 11) is -1.99. The highest BCUT2D eigenvalue weighted by Crippen LogP contribution is 2.28. The predicted molar refractivity (Wildman–Crippen MR) is 83.7 cm³/mol. The third-order valence-electron chi connectivity index (χ3n) is 3.10. The van der Waals surface area contributed by atoms with Crippen molar-refractivity contribution in [1.82, 2.24) is 0 Å². The lowest BCUT2D eigenvalue weighted by molar-refractivity contribution is 0.594. The Kier molecular flexibility index (Phi) is 4.17. The number of hydrogen-bond donors (Lipinski definition) is 1. The van der Waals surface area contributed by atoms with Crippen LogP contribution in [0, 0.1) is 13.8 Å². The maximum atomic E-state index is 12.7. The number of benzene rings is 1. The van der Waals surface area contributed by atoms with Gasteiger partial charge in [-0.25, -0.2) is 8.42 Å². The number of aryl methyl sites for hydroxylation is 2. The minimum atomic E-state index is -3.56. The van der Waals surface area contributed by atoms with E-state index < -0.39 is 10.0 Å². The zero-order valence-corrected chi connectivity index (χ0v) is 13.4. The first-order valence-corrected chi connectivity index (χ1v) is 8.52. The SMILES string of the molecule is Cc1cc(C)cc(N(C)S(=O)(=O)c2ccsc2CN)c1. The van der Waals surface area contributed by atoms with Crippen LogP contribution in [0.4, 0.5) is 5.69 Å². The van der Waals surface area contributed by atoms with Crippen molar-refractivity contribution in [3.05, 3.63) is 45.6 Å². The predicted octanol–water partition coefficient (Wildman–Crippen LogP) is 2.65. The van der Waals surface area contributed by atoms with Crippen molar-refractivity contribution in [2.45, 2.75) is 25.3 Å². The molecule has 0 atom stereocenters. The first-order chi connectivity index (χ1) is 9.36. The lowest BCUT2D eigenvalue weighted by atomic mass is 10.1. The molecule has 0 aliphatic rings. The molecular weight excluding hydrogens is 292 g/mol. The van der Waals surface area contributed by atoms with Gasteiger partial charge < -0.3 is 5.73 Å². The number of anilines is 1. The van der Waals surface area contributed by atoms with Gasteiger partial charge in [0.15, 0.2) is 0 Å². The van der Waals surface area contributed by atoms with Gasteiger partial charge in [-0.1, -0.05) is 6.07 Å². The van der Waals surface area contributed by atoms with Crippen molar-refractivity contribution >= 4 is 27.0 Å². The van der Waals surface area contributed by atoms with Crippen LogP contribution < -0.4 is 10.0 Å². The van der Waals surface area contributed by atoms with E-state index in [1.807, 2.05) is 32.0 Å². The van der Waals surface area contributed by atoms with E-state index in [-0.39, 0.29) is 6.54 Å². The molecule has 0 amide bonds. The molecule has 20 heavy (non-hydrogen) atoms. The second-order valence-corrected chi connectivity index (χ2v) is 7.67. The fourth-order valence-electron chi connectivity index (χ4n) is 2.13. The summed E-state index contributed by atoms with van der Waals surface area (Å²) in [6.07, 6.45) is 0. The summed E-state index contributed by atoms with van der Waals surface area (Å²) in [4.78, 5) is 0.980. The zero-order chi connectivity index (χ0) is 14.9. The van der Waals surface area contributed by atoms with Crippen LogP contribution in [-0.2, 0) is 16.6 Å². The minimum Gasteiger partial charge on any atom is -0.326 e. The molecular formula is C14H18N2O2S2. The first-order valence-electron chi connectivity index (χ1n) is 6.20. The molecule has 0 saturated heterocycles. The van der Waals surface area contributed by atoms with Crippen LogP contribution in [-0.4, -0.2) is 15.5 Å². The van der Waals surface area contributed by atoms with E-state index in [0.29, 0.717) is 15.5 Å². The van der Waals surface area contributed by atoms with Gasteiger partial charge in [0.1, 0.15) is 4.90 Å². The molecule has 108 valence electrons. The lowest BCUT2D eigenvalue weighted by Crippen LogP contribution is -2.27. The largest absolute Gasteiger partial charge is 0.326 e. The van der Waals surface area contributed by atoms with Gasteiger partial charge in [-0.2, -0.15) is 0 Å². The van der Waals surface area contributed by atoms with E-state index in [1.54, 1.807) is 18.5 Å². The Morgan fingerprint density at radius 2 is 1.80 bits per heavy atom. The number of hydrogen-bond acceptors (Lipinski definition) is 4. The Morgan fingerprint density at radius 1 is 1.20 bits per heavy atom. The molecule has 4 nitrogen and oxygen atoms in total. The Labute approximate surface area is 123 Å². The van der Waals surface area contributed by atoms with Crippen molar-refractivity contribution in [2.24, 2.45) is 5.73 Å². The monoisotopic (exact) mass is 310 g/mol. The molecule has 2 rings (SSSR count). The average molecular weight is 310 g/mol. The second kappa shape index (κ2) is 5.55. The highest BCUT2D eigenvalue weighted by Gasteiger charge is 2.25. The van der Waals surface area contributed by atoms with Gasteiger partial charge in [-0.15, -0.1) is 11.3 Å². The molecule has 0 fully saturated rings. The van der Waals surface area contributed by atoms with Crippen LogP contribution in [0.3, 0.4) is 0 Å². The van der Waals surface area contributed by atoms with Gasteiger partial charge in [-0.05, 0) is 48.6 Å². The molecule has 1 aromatic heterocycles. The van der Waals surface area contributed by atoms with Crippen molar-refractivity contribution in [3.8, 4) is 0 Å². The van der Waals surface area contributed by atoms with Gasteiger partial charge >= 0.3 is 0 Å². The molecule has 6 heteroatoms. The molecule has 0 unspecified atom stereocenters. The standard InChI is InChI=1S/C14H18N2O2S2/c1-10-6-11(2)8-12(7-10)16(3)20(17,18)14-4-5-19-13(14)9-15/h4-8H,9,15H2,1-3H3. The van der Waals surface area contributed by atoms with Gasteiger partial charge in [0, 0.05) is 18.5 Å². The van der Waals surface area contributed by atoms with Crippen molar-refractivity contribution in [2.75, 3.05) is 11.4 Å². The van der Waals surface area contributed by atoms with Crippen molar-refractivity contribution in [3.63, 3.8) is 0 Å². The normalized spacial score (nSPS) is 11.6. The fraction of sp³-hybridized carbons (Fsp3) is 0.286. The van der Waals surface area contributed by atoms with Crippen LogP contribution in [0.25, 0.3) is 0 Å². The molecule has 1 heterocycles. The van der Waals surface area contributed by atoms with Gasteiger partial charge in [0.25, 0.3) is 10.0 Å². The van der Waals surface area contributed by atoms with E-state index in [0.717, 1.165) is 11.1 Å². The Balaban J connectivity index is 2.49. The van der Waals surface area contributed by atoms with Gasteiger partial charge in [-0.3, -0.25) is 4.31 Å². The smallest absolute Gasteiger partial charge is 0.265 e. The third-order valence-corrected chi connectivity index (χ3v) is 6.04. The number of rotatable bonds is 4. The first kappa shape index (κ1) is 15.0. The Morgan fingerprint density at radius 3 is 2.35 bits per heavy atom. The third kappa shape index (κ3) is 2.72. The molecule has 1 aromatic carbocycles. The molecule has 0 saturated carbocycles. The molecule has 0 radical (unpaired) electrons. The molecule has 0 aliphatic carbocycles. The summed E-state index contributed by atoms with van der Waals surface area (Å²) < 4.78 is 26.7. The van der Waals surface area contributed by atoms with E-state index in [9.17, 15) is 8.42 Å². The van der Waals surface area contributed by atoms with Crippen LogP contribution in [0.1, 0.15) is 16.0 Å². The van der Waals surface area contributed by atoms with Crippen LogP contribution in [0.15, 0.2) is 34.5 Å².